The minimum atomic E-state index is -0.253. The second kappa shape index (κ2) is 2.50. The van der Waals surface area contributed by atoms with E-state index in [4.69, 9.17) is 5.73 Å². The van der Waals surface area contributed by atoms with Crippen molar-refractivity contribution < 1.29 is 4.39 Å². The van der Waals surface area contributed by atoms with Gasteiger partial charge in [-0.25, -0.2) is 4.39 Å². The highest BCUT2D eigenvalue weighted by atomic mass is 19.1. The van der Waals surface area contributed by atoms with Crippen LogP contribution in [-0.4, -0.2) is 4.98 Å². The van der Waals surface area contributed by atoms with Gasteiger partial charge >= 0.3 is 0 Å². The van der Waals surface area contributed by atoms with E-state index in [1.807, 2.05) is 6.20 Å². The van der Waals surface area contributed by atoms with E-state index in [0.717, 1.165) is 10.9 Å². The molecule has 0 bridgehead atoms. The fraction of sp³-hybridized carbons (Fsp3) is 0.273. The van der Waals surface area contributed by atoms with Gasteiger partial charge in [0.25, 0.3) is 0 Å². The summed E-state index contributed by atoms with van der Waals surface area (Å²) in [4.78, 5) is 3.11. The number of aromatic nitrogens is 1. The molecule has 3 heteroatoms. The van der Waals surface area contributed by atoms with Crippen molar-refractivity contribution in [2.45, 2.75) is 18.8 Å². The number of fused-ring (bicyclic) bond motifs is 1. The van der Waals surface area contributed by atoms with Crippen LogP contribution in [0.5, 0.6) is 0 Å². The molecule has 2 aromatic rings. The first-order valence-corrected chi connectivity index (χ1v) is 4.81. The molecular formula is C11H11FN2. The number of hydrogen-bond donors (Lipinski definition) is 2. The highest BCUT2D eigenvalue weighted by Gasteiger charge is 2.26. The minimum absolute atomic E-state index is 0.253. The van der Waals surface area contributed by atoms with Gasteiger partial charge in [-0.15, -0.1) is 0 Å². The summed E-state index contributed by atoms with van der Waals surface area (Å²) in [6, 6.07) is 2.92. The molecule has 1 fully saturated rings. The van der Waals surface area contributed by atoms with E-state index in [0.29, 0.717) is 11.6 Å². The molecule has 1 aromatic carbocycles. The van der Waals surface area contributed by atoms with E-state index in [1.54, 1.807) is 6.07 Å². The second-order valence-electron chi connectivity index (χ2n) is 3.94. The lowest BCUT2D eigenvalue weighted by atomic mass is 10.1. The number of benzene rings is 1. The van der Waals surface area contributed by atoms with Gasteiger partial charge in [-0.3, -0.25) is 0 Å². The van der Waals surface area contributed by atoms with Crippen LogP contribution in [-0.2, 0) is 0 Å². The van der Waals surface area contributed by atoms with Gasteiger partial charge in [-0.05, 0) is 36.5 Å². The molecule has 14 heavy (non-hydrogen) atoms. The van der Waals surface area contributed by atoms with Gasteiger partial charge in [0, 0.05) is 11.6 Å². The summed E-state index contributed by atoms with van der Waals surface area (Å²) in [6.45, 7) is 0. The molecule has 3 rings (SSSR count). The van der Waals surface area contributed by atoms with Crippen LogP contribution in [0, 0.1) is 5.82 Å². The zero-order valence-corrected chi connectivity index (χ0v) is 7.68. The lowest BCUT2D eigenvalue weighted by Gasteiger charge is -1.98. The average molecular weight is 190 g/mol. The summed E-state index contributed by atoms with van der Waals surface area (Å²) in [7, 11) is 0. The molecular weight excluding hydrogens is 179 g/mol. The fourth-order valence-electron chi connectivity index (χ4n) is 1.98. The Morgan fingerprint density at radius 3 is 2.86 bits per heavy atom. The molecule has 0 aliphatic heterocycles. The number of aromatic amines is 1. The van der Waals surface area contributed by atoms with Crippen molar-refractivity contribution in [1.29, 1.82) is 0 Å². The number of rotatable bonds is 1. The van der Waals surface area contributed by atoms with Crippen LogP contribution in [0.3, 0.4) is 0 Å². The molecule has 0 radical (unpaired) electrons. The topological polar surface area (TPSA) is 41.8 Å². The normalized spacial score (nSPS) is 16.4. The minimum Gasteiger partial charge on any atom is -0.397 e. The quantitative estimate of drug-likeness (QED) is 0.667. The van der Waals surface area contributed by atoms with Crippen molar-refractivity contribution in [3.8, 4) is 0 Å². The van der Waals surface area contributed by atoms with Gasteiger partial charge < -0.3 is 10.7 Å². The Hall–Kier alpha value is -1.51. The summed E-state index contributed by atoms with van der Waals surface area (Å²) in [6.07, 6.45) is 4.38. The molecule has 3 N–H and O–H groups in total. The van der Waals surface area contributed by atoms with Gasteiger partial charge in [0.1, 0.15) is 5.82 Å². The molecule has 0 atom stereocenters. The second-order valence-corrected chi connectivity index (χ2v) is 3.94. The molecule has 0 unspecified atom stereocenters. The van der Waals surface area contributed by atoms with E-state index in [2.05, 4.69) is 4.98 Å². The number of nitrogen functional groups attached to an aromatic ring is 1. The predicted octanol–water partition coefficient (Wildman–Crippen LogP) is 2.77. The monoisotopic (exact) mass is 190 g/mol. The molecule has 1 saturated carbocycles. The fourth-order valence-corrected chi connectivity index (χ4v) is 1.98. The summed E-state index contributed by atoms with van der Waals surface area (Å²) in [5.41, 5.74) is 8.30. The maximum absolute atomic E-state index is 13.1. The van der Waals surface area contributed by atoms with Crippen LogP contribution in [0.2, 0.25) is 0 Å². The third-order valence-corrected chi connectivity index (χ3v) is 2.83. The Balaban J connectivity index is 2.33. The van der Waals surface area contributed by atoms with Crippen LogP contribution in [0.1, 0.15) is 24.3 Å². The number of halogens is 1. The summed E-state index contributed by atoms with van der Waals surface area (Å²) >= 11 is 0. The van der Waals surface area contributed by atoms with Crippen LogP contribution in [0.15, 0.2) is 18.3 Å². The first-order valence-electron chi connectivity index (χ1n) is 4.81. The highest BCUT2D eigenvalue weighted by Crippen LogP contribution is 2.43. The lowest BCUT2D eigenvalue weighted by Crippen LogP contribution is -1.88. The third-order valence-electron chi connectivity index (χ3n) is 2.83. The van der Waals surface area contributed by atoms with Gasteiger partial charge in [-0.1, -0.05) is 0 Å². The lowest BCUT2D eigenvalue weighted by molar-refractivity contribution is 0.630. The molecule has 1 aliphatic rings. The number of nitrogens with one attached hydrogen (secondary N) is 1. The first-order chi connectivity index (χ1) is 6.75. The Morgan fingerprint density at radius 1 is 1.36 bits per heavy atom. The highest BCUT2D eigenvalue weighted by molar-refractivity contribution is 5.93. The number of H-pyrrole nitrogens is 1. The van der Waals surface area contributed by atoms with Gasteiger partial charge in [0.05, 0.1) is 11.2 Å². The van der Waals surface area contributed by atoms with E-state index in [9.17, 15) is 4.39 Å². The molecule has 1 heterocycles. The maximum Gasteiger partial charge on any atom is 0.126 e. The first kappa shape index (κ1) is 7.85. The molecule has 0 amide bonds. The largest absolute Gasteiger partial charge is 0.397 e. The van der Waals surface area contributed by atoms with Crippen molar-refractivity contribution in [2.75, 3.05) is 5.73 Å². The molecule has 1 aromatic heterocycles. The van der Waals surface area contributed by atoms with Crippen molar-refractivity contribution >= 4 is 16.6 Å². The number of hydrogen-bond acceptors (Lipinski definition) is 1. The molecule has 0 saturated heterocycles. The molecule has 2 nitrogen and oxygen atoms in total. The predicted molar refractivity (Wildman–Crippen MR) is 54.6 cm³/mol. The maximum atomic E-state index is 13.1. The van der Waals surface area contributed by atoms with Gasteiger partial charge in [0.15, 0.2) is 0 Å². The van der Waals surface area contributed by atoms with E-state index in [1.165, 1.54) is 24.5 Å². The van der Waals surface area contributed by atoms with Crippen LogP contribution < -0.4 is 5.73 Å². The Labute approximate surface area is 80.9 Å². The van der Waals surface area contributed by atoms with Crippen LogP contribution in [0.25, 0.3) is 10.9 Å². The zero-order valence-electron chi connectivity index (χ0n) is 7.68. The summed E-state index contributed by atoms with van der Waals surface area (Å²) < 4.78 is 13.1. The summed E-state index contributed by atoms with van der Waals surface area (Å²) in [5.74, 6) is 0.362. The van der Waals surface area contributed by atoms with Crippen molar-refractivity contribution in [3.63, 3.8) is 0 Å². The molecule has 72 valence electrons. The van der Waals surface area contributed by atoms with Gasteiger partial charge in [-0.2, -0.15) is 0 Å². The van der Waals surface area contributed by atoms with Crippen molar-refractivity contribution in [2.24, 2.45) is 0 Å². The number of anilines is 1. The standard InChI is InChI=1S/C11H11FN2/c12-7-3-8-9(6-1-2-6)5-14-11(8)10(13)4-7/h3-6,14H,1-2,13H2. The Bertz CT molecular complexity index is 497. The average Bonchev–Trinajstić information content (AvgIpc) is 2.87. The van der Waals surface area contributed by atoms with Gasteiger partial charge in [0.2, 0.25) is 0 Å². The Morgan fingerprint density at radius 2 is 2.14 bits per heavy atom. The Kier molecular flexibility index (Phi) is 1.40. The van der Waals surface area contributed by atoms with Crippen molar-refractivity contribution in [3.05, 3.63) is 29.7 Å². The zero-order chi connectivity index (χ0) is 9.71. The molecule has 1 aliphatic carbocycles. The SMILES string of the molecule is Nc1cc(F)cc2c(C3CC3)c[nH]c12. The van der Waals surface area contributed by atoms with E-state index < -0.39 is 0 Å². The third kappa shape index (κ3) is 1.02. The number of nitrogens with two attached hydrogens (primary N) is 1. The van der Waals surface area contributed by atoms with Crippen LogP contribution in [0.4, 0.5) is 10.1 Å². The van der Waals surface area contributed by atoms with Crippen molar-refractivity contribution in [1.82, 2.24) is 4.98 Å². The molecule has 0 spiro atoms. The van der Waals surface area contributed by atoms with E-state index >= 15 is 0 Å². The van der Waals surface area contributed by atoms with Crippen LogP contribution >= 0.6 is 0 Å². The summed E-state index contributed by atoms with van der Waals surface area (Å²) in [5, 5.41) is 0.949. The smallest absolute Gasteiger partial charge is 0.126 e. The van der Waals surface area contributed by atoms with E-state index in [-0.39, 0.29) is 5.82 Å².